The molecule has 1 fully saturated rings. The molecule has 14 rings (SSSR count). The molecule has 1 aromatic heterocycles. The zero-order valence-corrected chi connectivity index (χ0v) is 40.9. The highest BCUT2D eigenvalue weighted by atomic mass is 15.3. The van der Waals surface area contributed by atoms with Crippen LogP contribution in [-0.2, 0) is 33.6 Å². The Bertz CT molecular complexity index is 3470. The quantitative estimate of drug-likeness (QED) is 0.160. The molecule has 4 heteroatoms. The van der Waals surface area contributed by atoms with Gasteiger partial charge >= 0.3 is 0 Å². The molecule has 1 saturated carbocycles. The average Bonchev–Trinajstić information content (AvgIpc) is 3.86. The summed E-state index contributed by atoms with van der Waals surface area (Å²) in [6.07, 6.45) is 6.90. The van der Waals surface area contributed by atoms with Crippen molar-refractivity contribution in [2.75, 3.05) is 9.80 Å². The van der Waals surface area contributed by atoms with E-state index < -0.39 is 0 Å². The van der Waals surface area contributed by atoms with Crippen LogP contribution < -0.4 is 26.2 Å². The topological polar surface area (TPSA) is 11.4 Å². The lowest BCUT2D eigenvalue weighted by atomic mass is 9.33. The molecule has 5 heterocycles. The standard InChI is InChI=1S/C63H62BN3/c1-58(2,3)41-28-29-52-47(34-41)60(7)33-30-39-20-13-15-25-46(39)62(60,9)66(52)43-37-53-55-54(38-43)67-57-48(63(40-21-11-10-12-22-40)32-18-17-31-61(63,67)8)35-42(59(4,5)6)36-50(57)64(55)49-26-19-24-45-44-23-14-16-27-51(44)65(53)56(45)49/h10-16,19-29,34-38H,17-18,30-33H2,1-9H3. The van der Waals surface area contributed by atoms with Crippen molar-refractivity contribution in [1.29, 1.82) is 0 Å². The van der Waals surface area contributed by atoms with Crippen molar-refractivity contribution in [3.05, 3.63) is 178 Å². The first-order chi connectivity index (χ1) is 32.1. The maximum atomic E-state index is 2.96. The maximum Gasteiger partial charge on any atom is 0.252 e. The lowest BCUT2D eigenvalue weighted by molar-refractivity contribution is 0.215. The number of anilines is 4. The van der Waals surface area contributed by atoms with Gasteiger partial charge in [0.15, 0.2) is 0 Å². The summed E-state index contributed by atoms with van der Waals surface area (Å²) >= 11 is 0. The van der Waals surface area contributed by atoms with Gasteiger partial charge in [0.2, 0.25) is 0 Å². The van der Waals surface area contributed by atoms with E-state index in [1.807, 2.05) is 0 Å². The SMILES string of the molecule is CC(C)(C)c1ccc2c(c1)C1(C)CCc3ccccc3C1(C)N2c1cc2c3c(c1)-n1c4ccccc4c4cccc(c41)B3c1cc(C(C)(C)C)cc3c1N2C1(C)CCCCC31c1ccccc1. The maximum absolute atomic E-state index is 2.96. The second kappa shape index (κ2) is 12.8. The molecule has 0 N–H and O–H groups in total. The summed E-state index contributed by atoms with van der Waals surface area (Å²) in [6.45, 7) is 22.3. The second-order valence-electron chi connectivity index (χ2n) is 24.1. The average molecular weight is 872 g/mol. The van der Waals surface area contributed by atoms with Crippen molar-refractivity contribution in [2.45, 2.75) is 134 Å². The summed E-state index contributed by atoms with van der Waals surface area (Å²) in [6, 6.07) is 55.8. The van der Waals surface area contributed by atoms with E-state index in [9.17, 15) is 0 Å². The molecule has 3 nitrogen and oxygen atoms in total. The normalized spacial score (nSPS) is 25.2. The first kappa shape index (κ1) is 40.1. The fourth-order valence-electron chi connectivity index (χ4n) is 15.5. The zero-order valence-electron chi connectivity index (χ0n) is 40.9. The fourth-order valence-corrected chi connectivity index (χ4v) is 15.5. The lowest BCUT2D eigenvalue weighted by Gasteiger charge is -2.54. The molecule has 0 bridgehead atoms. The van der Waals surface area contributed by atoms with Crippen LogP contribution >= 0.6 is 0 Å². The fraction of sp³-hybridized carbons (Fsp3) is 0.333. The van der Waals surface area contributed by atoms with Gasteiger partial charge in [-0.1, -0.05) is 177 Å². The third-order valence-electron chi connectivity index (χ3n) is 19.0. The molecule has 0 amide bonds. The van der Waals surface area contributed by atoms with E-state index in [4.69, 9.17) is 0 Å². The number of benzene rings is 7. The third kappa shape index (κ3) is 4.67. The number of para-hydroxylation sites is 2. The molecule has 7 aromatic carbocycles. The first-order valence-corrected chi connectivity index (χ1v) is 25.4. The van der Waals surface area contributed by atoms with Crippen LogP contribution in [0.2, 0.25) is 0 Å². The predicted molar refractivity (Wildman–Crippen MR) is 284 cm³/mol. The summed E-state index contributed by atoms with van der Waals surface area (Å²) in [5.74, 6) is 0. The molecule has 4 unspecified atom stereocenters. The Morgan fingerprint density at radius 1 is 0.537 bits per heavy atom. The Morgan fingerprint density at radius 3 is 2.04 bits per heavy atom. The number of hydrogen-bond acceptors (Lipinski definition) is 2. The van der Waals surface area contributed by atoms with Crippen molar-refractivity contribution in [2.24, 2.45) is 0 Å². The van der Waals surface area contributed by atoms with Gasteiger partial charge in [0.1, 0.15) is 0 Å². The summed E-state index contributed by atoms with van der Waals surface area (Å²) < 4.78 is 2.69. The van der Waals surface area contributed by atoms with Crippen molar-refractivity contribution in [3.63, 3.8) is 0 Å². The zero-order chi connectivity index (χ0) is 45.8. The summed E-state index contributed by atoms with van der Waals surface area (Å²) in [5.41, 5.74) is 23.3. The van der Waals surface area contributed by atoms with Gasteiger partial charge in [-0.3, -0.25) is 0 Å². The van der Waals surface area contributed by atoms with Gasteiger partial charge in [0, 0.05) is 55.6 Å². The molecule has 0 radical (unpaired) electrons. The van der Waals surface area contributed by atoms with Gasteiger partial charge in [-0.2, -0.15) is 0 Å². The van der Waals surface area contributed by atoms with Crippen LogP contribution in [0.3, 0.4) is 0 Å². The number of hydrogen-bond donors (Lipinski definition) is 0. The van der Waals surface area contributed by atoms with Crippen LogP contribution in [0.4, 0.5) is 22.7 Å². The highest BCUT2D eigenvalue weighted by Crippen LogP contribution is 2.67. The molecule has 332 valence electrons. The monoisotopic (exact) mass is 872 g/mol. The van der Waals surface area contributed by atoms with E-state index in [1.165, 1.54) is 113 Å². The highest BCUT2D eigenvalue weighted by molar-refractivity contribution is 7.00. The van der Waals surface area contributed by atoms with Gasteiger partial charge < -0.3 is 14.4 Å². The summed E-state index contributed by atoms with van der Waals surface area (Å²) in [7, 11) is 0. The predicted octanol–water partition coefficient (Wildman–Crippen LogP) is 13.6. The molecule has 6 aliphatic rings. The van der Waals surface area contributed by atoms with E-state index in [0.29, 0.717) is 0 Å². The van der Waals surface area contributed by atoms with Crippen molar-refractivity contribution in [1.82, 2.24) is 4.57 Å². The number of aromatic nitrogens is 1. The molecular formula is C63H62BN3. The number of aryl methyl sites for hydroxylation is 1. The Labute approximate surface area is 397 Å². The van der Waals surface area contributed by atoms with Crippen LogP contribution in [0.25, 0.3) is 27.5 Å². The molecule has 8 aromatic rings. The van der Waals surface area contributed by atoms with E-state index >= 15 is 0 Å². The second-order valence-corrected chi connectivity index (χ2v) is 24.1. The number of nitrogens with zero attached hydrogens (tertiary/aromatic N) is 3. The minimum atomic E-state index is -0.339. The molecule has 0 saturated heterocycles. The molecule has 0 spiro atoms. The smallest absolute Gasteiger partial charge is 0.252 e. The highest BCUT2D eigenvalue weighted by Gasteiger charge is 2.65. The van der Waals surface area contributed by atoms with Crippen LogP contribution in [0, 0.1) is 0 Å². The molecule has 4 atom stereocenters. The Hall–Kier alpha value is -6.00. The van der Waals surface area contributed by atoms with Crippen LogP contribution in [0.15, 0.2) is 140 Å². The van der Waals surface area contributed by atoms with E-state index in [0.717, 1.165) is 25.7 Å². The Balaban J connectivity index is 1.16. The van der Waals surface area contributed by atoms with Gasteiger partial charge in [-0.05, 0) is 130 Å². The largest absolute Gasteiger partial charge is 0.335 e. The van der Waals surface area contributed by atoms with Gasteiger partial charge in [-0.15, -0.1) is 0 Å². The first-order valence-electron chi connectivity index (χ1n) is 25.4. The third-order valence-corrected chi connectivity index (χ3v) is 19.0. The molecular weight excluding hydrogens is 810 g/mol. The minimum absolute atomic E-state index is 0.0290. The van der Waals surface area contributed by atoms with E-state index in [2.05, 4.69) is 216 Å². The van der Waals surface area contributed by atoms with Gasteiger partial charge in [-0.25, -0.2) is 0 Å². The lowest BCUT2D eigenvalue weighted by Crippen LogP contribution is -2.64. The summed E-state index contributed by atoms with van der Waals surface area (Å²) in [5, 5.41) is 2.68. The van der Waals surface area contributed by atoms with Crippen LogP contribution in [-0.4, -0.2) is 16.8 Å². The minimum Gasteiger partial charge on any atom is -0.335 e. The van der Waals surface area contributed by atoms with Crippen LogP contribution in [0.1, 0.15) is 133 Å². The Kier molecular flexibility index (Phi) is 7.63. The number of rotatable bonds is 2. The Morgan fingerprint density at radius 2 is 1.24 bits per heavy atom. The van der Waals surface area contributed by atoms with Crippen molar-refractivity contribution < 1.29 is 0 Å². The van der Waals surface area contributed by atoms with Crippen molar-refractivity contribution in [3.8, 4) is 5.69 Å². The van der Waals surface area contributed by atoms with Gasteiger partial charge in [0.25, 0.3) is 6.71 Å². The van der Waals surface area contributed by atoms with Crippen LogP contribution in [0.5, 0.6) is 0 Å². The molecule has 2 aliphatic carbocycles. The molecule has 67 heavy (non-hydrogen) atoms. The number of fused-ring (bicyclic) bond motifs is 15. The van der Waals surface area contributed by atoms with E-state index in [-0.39, 0.29) is 39.5 Å². The summed E-state index contributed by atoms with van der Waals surface area (Å²) in [4.78, 5) is 5.80. The van der Waals surface area contributed by atoms with Crippen molar-refractivity contribution >= 4 is 67.7 Å². The van der Waals surface area contributed by atoms with Gasteiger partial charge in [0.05, 0.1) is 16.6 Å². The van der Waals surface area contributed by atoms with E-state index in [1.54, 1.807) is 5.56 Å². The molecule has 4 aliphatic heterocycles.